The zero-order chi connectivity index (χ0) is 15.3. The van der Waals surface area contributed by atoms with Gasteiger partial charge in [-0.2, -0.15) is 0 Å². The first kappa shape index (κ1) is 17.4. The summed E-state index contributed by atoms with van der Waals surface area (Å²) in [5, 5.41) is 9.29. The topological polar surface area (TPSA) is 87.2 Å². The zero-order valence-corrected chi connectivity index (χ0v) is 13.1. The van der Waals surface area contributed by atoms with Gasteiger partial charge in [0.1, 0.15) is 5.75 Å². The van der Waals surface area contributed by atoms with E-state index in [0.29, 0.717) is 26.1 Å². The minimum Gasteiger partial charge on any atom is -0.394 e. The third-order valence-corrected chi connectivity index (χ3v) is 5.56. The Balaban J connectivity index is 2.75. The highest BCUT2D eigenvalue weighted by Crippen LogP contribution is 2.20. The lowest BCUT2D eigenvalue weighted by Gasteiger charge is -2.24. The van der Waals surface area contributed by atoms with Crippen LogP contribution < -0.4 is 0 Å². The quantitative estimate of drug-likeness (QED) is 0.670. The Kier molecular flexibility index (Phi) is 6.38. The van der Waals surface area contributed by atoms with Crippen LogP contribution in [0.3, 0.4) is 0 Å². The number of carbonyl (C=O) groups is 1. The van der Waals surface area contributed by atoms with E-state index in [1.807, 2.05) is 0 Å². The molecule has 1 fully saturated rings. The number of likely N-dealkylation sites (tertiary alicyclic amines) is 1. The molecule has 2 atom stereocenters. The highest BCUT2D eigenvalue weighted by molar-refractivity contribution is 7.89. The monoisotopic (exact) mass is 308 g/mol. The van der Waals surface area contributed by atoms with Gasteiger partial charge in [0.25, 0.3) is 0 Å². The van der Waals surface area contributed by atoms with Gasteiger partial charge in [-0.15, -0.1) is 0 Å². The number of methoxy groups -OCH3 is 1. The Morgan fingerprint density at radius 1 is 1.40 bits per heavy atom. The van der Waals surface area contributed by atoms with Gasteiger partial charge >= 0.3 is 0 Å². The summed E-state index contributed by atoms with van der Waals surface area (Å²) >= 11 is 0. The van der Waals surface area contributed by atoms with Crippen molar-refractivity contribution in [1.82, 2.24) is 9.21 Å². The van der Waals surface area contributed by atoms with Crippen LogP contribution in [0.1, 0.15) is 20.3 Å². The van der Waals surface area contributed by atoms with E-state index in [-0.39, 0.29) is 18.8 Å². The molecular formula is C12H24N2O5S. The predicted octanol–water partition coefficient (Wildman–Crippen LogP) is -0.734. The molecule has 0 aromatic rings. The lowest BCUT2D eigenvalue weighted by Crippen LogP contribution is -2.44. The van der Waals surface area contributed by atoms with E-state index >= 15 is 0 Å². The number of ether oxygens (including phenoxy) is 1. The summed E-state index contributed by atoms with van der Waals surface area (Å²) in [6.45, 7) is 4.30. The van der Waals surface area contributed by atoms with Gasteiger partial charge in [-0.25, -0.2) is 12.7 Å². The molecule has 1 saturated heterocycles. The van der Waals surface area contributed by atoms with Gasteiger partial charge in [-0.1, -0.05) is 13.8 Å². The zero-order valence-electron chi connectivity index (χ0n) is 12.3. The first-order valence-electron chi connectivity index (χ1n) is 6.80. The molecular weight excluding hydrogens is 284 g/mol. The molecule has 0 unspecified atom stereocenters. The normalized spacial score (nSPS) is 23.6. The van der Waals surface area contributed by atoms with E-state index < -0.39 is 21.7 Å². The highest BCUT2D eigenvalue weighted by Gasteiger charge is 2.37. The van der Waals surface area contributed by atoms with Crippen molar-refractivity contribution in [3.8, 4) is 0 Å². The Hall–Kier alpha value is -0.700. The first-order chi connectivity index (χ1) is 9.39. The largest absolute Gasteiger partial charge is 0.394 e. The third kappa shape index (κ3) is 3.91. The molecule has 0 bridgehead atoms. The van der Waals surface area contributed by atoms with Crippen LogP contribution >= 0.6 is 0 Å². The van der Waals surface area contributed by atoms with Crippen LogP contribution in [0.4, 0.5) is 0 Å². The van der Waals surface area contributed by atoms with Gasteiger partial charge in [-0.05, 0) is 6.42 Å². The summed E-state index contributed by atoms with van der Waals surface area (Å²) in [5.41, 5.74) is 0. The minimum absolute atomic E-state index is 0.146. The number of amides is 1. The fraction of sp³-hybridized carbons (Fsp3) is 0.917. The van der Waals surface area contributed by atoms with Gasteiger partial charge in [0, 0.05) is 26.7 Å². The van der Waals surface area contributed by atoms with Crippen molar-refractivity contribution in [2.24, 2.45) is 0 Å². The average Bonchev–Trinajstić information content (AvgIpc) is 2.82. The fourth-order valence-electron chi connectivity index (χ4n) is 2.47. The maximum absolute atomic E-state index is 12.2. The molecule has 7 nitrogen and oxygen atoms in total. The molecule has 1 aliphatic rings. The number of carbonyl (C=O) groups excluding carboxylic acids is 1. The number of rotatable bonds is 7. The summed E-state index contributed by atoms with van der Waals surface area (Å²) in [4.78, 5) is 13.6. The van der Waals surface area contributed by atoms with E-state index in [0.717, 1.165) is 0 Å². The number of hydrogen-bond acceptors (Lipinski definition) is 5. The van der Waals surface area contributed by atoms with Crippen LogP contribution in [0.5, 0.6) is 0 Å². The molecule has 0 aliphatic carbocycles. The maximum Gasteiger partial charge on any atom is 0.239 e. The molecule has 8 heteroatoms. The van der Waals surface area contributed by atoms with Crippen molar-refractivity contribution in [3.63, 3.8) is 0 Å². The third-order valence-electron chi connectivity index (χ3n) is 3.65. The number of aliphatic hydroxyl groups is 1. The Labute approximate surface area is 120 Å². The van der Waals surface area contributed by atoms with E-state index in [9.17, 15) is 18.3 Å². The number of sulfonamides is 1. The van der Waals surface area contributed by atoms with Gasteiger partial charge in [-0.3, -0.25) is 4.79 Å². The molecule has 0 radical (unpaired) electrons. The second-order valence-corrected chi connectivity index (χ2v) is 6.79. The molecule has 118 valence electrons. The average molecular weight is 308 g/mol. The minimum atomic E-state index is -3.60. The van der Waals surface area contributed by atoms with Crippen LogP contribution in [0, 0.1) is 0 Å². The lowest BCUT2D eigenvalue weighted by atomic mass is 10.2. The summed E-state index contributed by atoms with van der Waals surface area (Å²) in [5.74, 6) is -1.03. The number of nitrogens with zero attached hydrogens (tertiary/aromatic N) is 2. The van der Waals surface area contributed by atoms with Crippen molar-refractivity contribution in [1.29, 1.82) is 0 Å². The molecule has 1 rings (SSSR count). The fourth-order valence-corrected chi connectivity index (χ4v) is 3.92. The lowest BCUT2D eigenvalue weighted by molar-refractivity contribution is -0.130. The van der Waals surface area contributed by atoms with Crippen LogP contribution in [-0.4, -0.2) is 79.9 Å². The summed E-state index contributed by atoms with van der Waals surface area (Å²) in [6, 6.07) is -0.362. The second-order valence-electron chi connectivity index (χ2n) is 4.82. The molecule has 1 amide bonds. The van der Waals surface area contributed by atoms with E-state index in [4.69, 9.17) is 4.74 Å². The number of hydrogen-bond donors (Lipinski definition) is 1. The van der Waals surface area contributed by atoms with Gasteiger partial charge < -0.3 is 14.7 Å². The second kappa shape index (κ2) is 7.35. The SMILES string of the molecule is CCN(CC)S(=O)(=O)CC(=O)N1C[C@H](OC)C[C@H]1CO. The highest BCUT2D eigenvalue weighted by atomic mass is 32.2. The Morgan fingerprint density at radius 2 is 2.00 bits per heavy atom. The van der Waals surface area contributed by atoms with E-state index in [1.165, 1.54) is 9.21 Å². The molecule has 0 aromatic carbocycles. The predicted molar refractivity (Wildman–Crippen MR) is 74.7 cm³/mol. The van der Waals surface area contributed by atoms with Gasteiger partial charge in [0.2, 0.25) is 15.9 Å². The smallest absolute Gasteiger partial charge is 0.239 e. The summed E-state index contributed by atoms with van der Waals surface area (Å²) in [6.07, 6.45) is 0.386. The number of aliphatic hydroxyl groups excluding tert-OH is 1. The Bertz CT molecular complexity index is 422. The van der Waals surface area contributed by atoms with Crippen LogP contribution in [-0.2, 0) is 19.6 Å². The maximum atomic E-state index is 12.2. The summed E-state index contributed by atoms with van der Waals surface area (Å²) in [7, 11) is -2.05. The molecule has 20 heavy (non-hydrogen) atoms. The molecule has 0 aromatic heterocycles. The molecule has 0 saturated carbocycles. The molecule has 0 spiro atoms. The van der Waals surface area contributed by atoms with Crippen molar-refractivity contribution < 1.29 is 23.1 Å². The van der Waals surface area contributed by atoms with Crippen LogP contribution in [0.25, 0.3) is 0 Å². The van der Waals surface area contributed by atoms with Gasteiger partial charge in [0.05, 0.1) is 18.8 Å². The summed E-state index contributed by atoms with van der Waals surface area (Å²) < 4.78 is 30.6. The van der Waals surface area contributed by atoms with Crippen LogP contribution in [0.15, 0.2) is 0 Å². The molecule has 1 heterocycles. The van der Waals surface area contributed by atoms with Crippen molar-refractivity contribution in [2.75, 3.05) is 39.1 Å². The van der Waals surface area contributed by atoms with E-state index in [1.54, 1.807) is 21.0 Å². The Morgan fingerprint density at radius 3 is 2.45 bits per heavy atom. The van der Waals surface area contributed by atoms with Crippen molar-refractivity contribution >= 4 is 15.9 Å². The first-order valence-corrected chi connectivity index (χ1v) is 8.41. The van der Waals surface area contributed by atoms with E-state index in [2.05, 4.69) is 0 Å². The molecule has 1 N–H and O–H groups in total. The van der Waals surface area contributed by atoms with Gasteiger partial charge in [0.15, 0.2) is 0 Å². The van der Waals surface area contributed by atoms with Crippen molar-refractivity contribution in [2.45, 2.75) is 32.4 Å². The van der Waals surface area contributed by atoms with Crippen LogP contribution in [0.2, 0.25) is 0 Å². The standard InChI is InChI=1S/C12H24N2O5S/c1-4-13(5-2)20(17,18)9-12(16)14-7-11(19-3)6-10(14)8-15/h10-11,15H,4-9H2,1-3H3/t10-,11+/m0/s1. The molecule has 1 aliphatic heterocycles. The van der Waals surface area contributed by atoms with Crippen molar-refractivity contribution in [3.05, 3.63) is 0 Å².